The molecule has 1 aliphatic rings. The number of halogens is 2. The second-order valence-electron chi connectivity index (χ2n) is 5.14. The molecule has 21 heavy (non-hydrogen) atoms. The van der Waals surface area contributed by atoms with Crippen molar-refractivity contribution in [1.82, 2.24) is 0 Å². The summed E-state index contributed by atoms with van der Waals surface area (Å²) in [5.74, 6) is 0. The van der Waals surface area contributed by atoms with Crippen LogP contribution in [0.25, 0.3) is 0 Å². The van der Waals surface area contributed by atoms with E-state index in [1.54, 1.807) is 18.2 Å². The number of rotatable bonds is 4. The SMILES string of the molecule is OC[C@H]1O[C@@H](CCc2ccc(Cl)cc2Cl)[C@H](O)[C@@H](O)[C@@H]1O. The summed E-state index contributed by atoms with van der Waals surface area (Å²) < 4.78 is 5.44. The Bertz CT molecular complexity index is 482. The minimum absolute atomic E-state index is 0.392. The van der Waals surface area contributed by atoms with Gasteiger partial charge in [0.25, 0.3) is 0 Å². The zero-order valence-corrected chi connectivity index (χ0v) is 12.7. The Morgan fingerprint density at radius 3 is 2.29 bits per heavy atom. The van der Waals surface area contributed by atoms with Crippen LogP contribution in [0.5, 0.6) is 0 Å². The summed E-state index contributed by atoms with van der Waals surface area (Å²) in [6.07, 6.45) is -4.56. The third kappa shape index (κ3) is 3.87. The van der Waals surface area contributed by atoms with Gasteiger partial charge in [0.05, 0.1) is 12.7 Å². The van der Waals surface area contributed by atoms with Crippen molar-refractivity contribution in [2.45, 2.75) is 43.4 Å². The Kier molecular flexibility index (Phi) is 5.85. The van der Waals surface area contributed by atoms with Gasteiger partial charge in [0, 0.05) is 10.0 Å². The van der Waals surface area contributed by atoms with E-state index in [1.165, 1.54) is 0 Å². The molecule has 0 aromatic heterocycles. The molecule has 118 valence electrons. The fourth-order valence-electron chi connectivity index (χ4n) is 2.44. The van der Waals surface area contributed by atoms with Gasteiger partial charge in [-0.05, 0) is 30.5 Å². The second-order valence-corrected chi connectivity index (χ2v) is 5.99. The van der Waals surface area contributed by atoms with E-state index in [2.05, 4.69) is 0 Å². The molecule has 1 aromatic carbocycles. The lowest BCUT2D eigenvalue weighted by Crippen LogP contribution is -2.58. The molecule has 0 spiro atoms. The van der Waals surface area contributed by atoms with Crippen LogP contribution in [0.3, 0.4) is 0 Å². The molecule has 1 heterocycles. The molecule has 4 N–H and O–H groups in total. The van der Waals surface area contributed by atoms with Crippen LogP contribution >= 0.6 is 23.2 Å². The molecule has 0 radical (unpaired) electrons. The lowest BCUT2D eigenvalue weighted by molar-refractivity contribution is -0.230. The van der Waals surface area contributed by atoms with Gasteiger partial charge in [-0.15, -0.1) is 0 Å². The standard InChI is InChI=1S/C14H18Cl2O5/c15-8-3-1-7(9(16)5-8)2-4-10-12(18)14(20)13(19)11(6-17)21-10/h1,3,5,10-14,17-20H,2,4,6H2/t10-,11+,12-,13+,14+/m0/s1. The summed E-state index contributed by atoms with van der Waals surface area (Å²) in [5, 5.41) is 39.6. The van der Waals surface area contributed by atoms with Gasteiger partial charge in [-0.1, -0.05) is 29.3 Å². The van der Waals surface area contributed by atoms with Crippen molar-refractivity contribution in [1.29, 1.82) is 0 Å². The molecule has 1 fully saturated rings. The van der Waals surface area contributed by atoms with E-state index >= 15 is 0 Å². The molecular weight excluding hydrogens is 319 g/mol. The maximum Gasteiger partial charge on any atom is 0.111 e. The largest absolute Gasteiger partial charge is 0.394 e. The third-order valence-electron chi connectivity index (χ3n) is 3.70. The molecule has 0 aliphatic carbocycles. The summed E-state index contributed by atoms with van der Waals surface area (Å²) in [7, 11) is 0. The molecule has 0 amide bonds. The van der Waals surface area contributed by atoms with Gasteiger partial charge in [0.2, 0.25) is 0 Å². The van der Waals surface area contributed by atoms with Crippen LogP contribution in [0.15, 0.2) is 18.2 Å². The predicted octanol–water partition coefficient (Wildman–Crippen LogP) is 0.768. The lowest BCUT2D eigenvalue weighted by Gasteiger charge is -2.40. The van der Waals surface area contributed by atoms with E-state index < -0.39 is 37.1 Å². The van der Waals surface area contributed by atoms with Gasteiger partial charge < -0.3 is 25.2 Å². The lowest BCUT2D eigenvalue weighted by atomic mass is 9.92. The Morgan fingerprint density at radius 1 is 1.00 bits per heavy atom. The monoisotopic (exact) mass is 336 g/mol. The van der Waals surface area contributed by atoms with Crippen molar-refractivity contribution in [2.75, 3.05) is 6.61 Å². The van der Waals surface area contributed by atoms with Crippen molar-refractivity contribution in [3.05, 3.63) is 33.8 Å². The first-order valence-electron chi connectivity index (χ1n) is 6.68. The molecule has 1 saturated heterocycles. The zero-order valence-electron chi connectivity index (χ0n) is 11.2. The minimum atomic E-state index is -1.35. The fourth-order valence-corrected chi connectivity index (χ4v) is 2.94. The van der Waals surface area contributed by atoms with E-state index in [0.717, 1.165) is 5.56 Å². The molecule has 1 aromatic rings. The maximum atomic E-state index is 9.94. The van der Waals surface area contributed by atoms with Gasteiger partial charge in [-0.3, -0.25) is 0 Å². The quantitative estimate of drug-likeness (QED) is 0.652. The number of aliphatic hydroxyl groups excluding tert-OH is 4. The van der Waals surface area contributed by atoms with E-state index in [0.29, 0.717) is 22.9 Å². The Balaban J connectivity index is 2.01. The predicted molar refractivity (Wildman–Crippen MR) is 78.6 cm³/mol. The van der Waals surface area contributed by atoms with Gasteiger partial charge in [-0.2, -0.15) is 0 Å². The molecule has 5 nitrogen and oxygen atoms in total. The average Bonchev–Trinajstić information content (AvgIpc) is 2.46. The summed E-state index contributed by atoms with van der Waals surface area (Å²) in [4.78, 5) is 0. The molecule has 1 aliphatic heterocycles. The number of hydrogen-bond donors (Lipinski definition) is 4. The van der Waals surface area contributed by atoms with E-state index in [1.807, 2.05) is 0 Å². The number of ether oxygens (including phenoxy) is 1. The first-order chi connectivity index (χ1) is 9.93. The van der Waals surface area contributed by atoms with Crippen molar-refractivity contribution >= 4 is 23.2 Å². The topological polar surface area (TPSA) is 90.2 Å². The van der Waals surface area contributed by atoms with Crippen molar-refractivity contribution in [3.8, 4) is 0 Å². The molecule has 0 saturated carbocycles. The average molecular weight is 337 g/mol. The van der Waals surface area contributed by atoms with Crippen molar-refractivity contribution in [3.63, 3.8) is 0 Å². The van der Waals surface area contributed by atoms with Gasteiger partial charge in [0.1, 0.15) is 24.4 Å². The second kappa shape index (κ2) is 7.24. The van der Waals surface area contributed by atoms with Crippen LogP contribution in [0.1, 0.15) is 12.0 Å². The molecule has 5 atom stereocenters. The fraction of sp³-hybridized carbons (Fsp3) is 0.571. The van der Waals surface area contributed by atoms with E-state index in [4.69, 9.17) is 33.0 Å². The molecular formula is C14H18Cl2O5. The Hall–Kier alpha value is -0.400. The summed E-state index contributed by atoms with van der Waals surface area (Å²) in [6.45, 7) is -0.427. The van der Waals surface area contributed by atoms with Crippen LogP contribution in [0.2, 0.25) is 10.0 Å². The smallest absolute Gasteiger partial charge is 0.111 e. The minimum Gasteiger partial charge on any atom is -0.394 e. The third-order valence-corrected chi connectivity index (χ3v) is 4.29. The van der Waals surface area contributed by atoms with Crippen LogP contribution in [0.4, 0.5) is 0 Å². The summed E-state index contributed by atoms with van der Waals surface area (Å²) >= 11 is 11.9. The van der Waals surface area contributed by atoms with Crippen LogP contribution in [-0.4, -0.2) is 57.6 Å². The van der Waals surface area contributed by atoms with Gasteiger partial charge in [0.15, 0.2) is 0 Å². The Labute approximate surface area is 132 Å². The normalized spacial score (nSPS) is 33.1. The highest BCUT2D eigenvalue weighted by Gasteiger charge is 2.42. The van der Waals surface area contributed by atoms with Crippen LogP contribution < -0.4 is 0 Å². The first-order valence-corrected chi connectivity index (χ1v) is 7.44. The van der Waals surface area contributed by atoms with Gasteiger partial charge in [-0.25, -0.2) is 0 Å². The van der Waals surface area contributed by atoms with Crippen molar-refractivity contribution < 1.29 is 25.2 Å². The highest BCUT2D eigenvalue weighted by atomic mass is 35.5. The number of hydrogen-bond acceptors (Lipinski definition) is 5. The number of aryl methyl sites for hydroxylation is 1. The number of aliphatic hydroxyl groups is 4. The highest BCUT2D eigenvalue weighted by Crippen LogP contribution is 2.27. The van der Waals surface area contributed by atoms with Gasteiger partial charge >= 0.3 is 0 Å². The maximum absolute atomic E-state index is 9.94. The van der Waals surface area contributed by atoms with E-state index in [9.17, 15) is 15.3 Å². The number of benzene rings is 1. The molecule has 0 unspecified atom stereocenters. The summed E-state index contributed by atoms with van der Waals surface area (Å²) in [6, 6.07) is 5.14. The zero-order chi connectivity index (χ0) is 15.6. The highest BCUT2D eigenvalue weighted by molar-refractivity contribution is 6.35. The summed E-state index contributed by atoms with van der Waals surface area (Å²) in [5.41, 5.74) is 0.845. The Morgan fingerprint density at radius 2 is 1.67 bits per heavy atom. The van der Waals surface area contributed by atoms with Crippen LogP contribution in [-0.2, 0) is 11.2 Å². The first kappa shape index (κ1) is 17.0. The molecule has 0 bridgehead atoms. The van der Waals surface area contributed by atoms with Crippen molar-refractivity contribution in [2.24, 2.45) is 0 Å². The molecule has 7 heteroatoms. The van der Waals surface area contributed by atoms with Crippen LogP contribution in [0, 0.1) is 0 Å². The molecule has 2 rings (SSSR count). The van der Waals surface area contributed by atoms with E-state index in [-0.39, 0.29) is 0 Å².